The number of nitrogen functional groups attached to an aromatic ring is 1. The summed E-state index contributed by atoms with van der Waals surface area (Å²) < 4.78 is 0. The minimum Gasteiger partial charge on any atom is -0.390 e. The van der Waals surface area contributed by atoms with Crippen LogP contribution < -0.4 is 5.73 Å². The molecular formula is C17H16N6O. The largest absolute Gasteiger partial charge is 0.390 e. The number of anilines is 1. The van der Waals surface area contributed by atoms with Crippen LogP contribution in [0.1, 0.15) is 11.3 Å². The second kappa shape index (κ2) is 6.51. The van der Waals surface area contributed by atoms with Crippen molar-refractivity contribution >= 4 is 33.7 Å². The van der Waals surface area contributed by atoms with Crippen LogP contribution in [0.15, 0.2) is 53.0 Å². The number of rotatable bonds is 4. The van der Waals surface area contributed by atoms with Crippen molar-refractivity contribution in [2.45, 2.75) is 6.92 Å². The van der Waals surface area contributed by atoms with E-state index in [1.807, 2.05) is 25.1 Å². The predicted octanol–water partition coefficient (Wildman–Crippen LogP) is 3.30. The van der Waals surface area contributed by atoms with E-state index in [4.69, 9.17) is 16.2 Å². The normalized spacial score (nSPS) is 11.2. The lowest BCUT2D eigenvalue weighted by Gasteiger charge is -2.05. The smallest absolute Gasteiger partial charge is 0.151 e. The molecule has 120 valence electrons. The number of nitrogens with one attached hydrogen (secondary N) is 1. The molecule has 0 unspecified atom stereocenters. The Bertz CT molecular complexity index is 928. The number of hydrogen-bond donors (Lipinski definition) is 3. The van der Waals surface area contributed by atoms with E-state index in [1.54, 1.807) is 18.3 Å². The lowest BCUT2D eigenvalue weighted by Crippen LogP contribution is -2.05. The van der Waals surface area contributed by atoms with Crippen molar-refractivity contribution in [1.29, 1.82) is 5.41 Å². The summed E-state index contributed by atoms with van der Waals surface area (Å²) in [5.74, 6) is 0.309. The van der Waals surface area contributed by atoms with Crippen LogP contribution in [0.25, 0.3) is 10.8 Å². The van der Waals surface area contributed by atoms with Crippen LogP contribution >= 0.6 is 0 Å². The highest BCUT2D eigenvalue weighted by Gasteiger charge is 2.07. The van der Waals surface area contributed by atoms with Crippen molar-refractivity contribution in [3.05, 3.63) is 54.0 Å². The van der Waals surface area contributed by atoms with Gasteiger partial charge in [0.25, 0.3) is 0 Å². The van der Waals surface area contributed by atoms with Gasteiger partial charge in [-0.2, -0.15) is 0 Å². The third kappa shape index (κ3) is 3.11. The zero-order valence-electron chi connectivity index (χ0n) is 13.1. The standard InChI is InChI=1S/C17H16N6O/c1-10-2-3-11-7-21-17(19)16(13(11)6-10)23-22-12-4-5-15(20-8-12)14(18)9-24/h2-8,18,24H,9H2,1H3,(H2,19,21). The van der Waals surface area contributed by atoms with Crippen molar-refractivity contribution in [3.8, 4) is 0 Å². The monoisotopic (exact) mass is 320 g/mol. The molecule has 0 amide bonds. The molecule has 0 aliphatic carbocycles. The zero-order valence-corrected chi connectivity index (χ0v) is 13.1. The third-order valence-corrected chi connectivity index (χ3v) is 3.53. The number of benzene rings is 1. The second-order valence-corrected chi connectivity index (χ2v) is 5.32. The minimum atomic E-state index is -0.356. The van der Waals surface area contributed by atoms with E-state index >= 15 is 0 Å². The Hall–Kier alpha value is -3.19. The Kier molecular flexibility index (Phi) is 4.26. The molecule has 0 radical (unpaired) electrons. The van der Waals surface area contributed by atoms with E-state index in [0.29, 0.717) is 22.9 Å². The summed E-state index contributed by atoms with van der Waals surface area (Å²) in [5, 5.41) is 26.7. The van der Waals surface area contributed by atoms with Crippen LogP contribution in [0.5, 0.6) is 0 Å². The van der Waals surface area contributed by atoms with Gasteiger partial charge in [-0.05, 0) is 25.1 Å². The number of pyridine rings is 2. The molecule has 7 heteroatoms. The first-order chi connectivity index (χ1) is 11.6. The van der Waals surface area contributed by atoms with E-state index in [0.717, 1.165) is 16.3 Å². The maximum Gasteiger partial charge on any atom is 0.151 e. The molecule has 0 saturated heterocycles. The highest BCUT2D eigenvalue weighted by molar-refractivity contribution is 5.97. The summed E-state index contributed by atoms with van der Waals surface area (Å²) in [4.78, 5) is 8.23. The Morgan fingerprint density at radius 3 is 2.71 bits per heavy atom. The molecule has 2 aromatic heterocycles. The van der Waals surface area contributed by atoms with Crippen LogP contribution in [0.4, 0.5) is 17.2 Å². The molecule has 1 aromatic carbocycles. The van der Waals surface area contributed by atoms with Gasteiger partial charge in [0.2, 0.25) is 0 Å². The molecule has 0 atom stereocenters. The van der Waals surface area contributed by atoms with Crippen molar-refractivity contribution in [1.82, 2.24) is 9.97 Å². The fourth-order valence-corrected chi connectivity index (χ4v) is 2.24. The Morgan fingerprint density at radius 1 is 1.17 bits per heavy atom. The predicted molar refractivity (Wildman–Crippen MR) is 93.2 cm³/mol. The van der Waals surface area contributed by atoms with Crippen molar-refractivity contribution in [2.75, 3.05) is 12.3 Å². The Balaban J connectivity index is 1.97. The molecule has 2 heterocycles. The first kappa shape index (κ1) is 15.7. The number of aromatic nitrogens is 2. The number of nitrogens with zero attached hydrogens (tertiary/aromatic N) is 4. The number of aryl methyl sites for hydroxylation is 1. The van der Waals surface area contributed by atoms with Crippen molar-refractivity contribution in [2.24, 2.45) is 10.2 Å². The number of aliphatic hydroxyl groups excluding tert-OH is 1. The lowest BCUT2D eigenvalue weighted by atomic mass is 10.1. The topological polar surface area (TPSA) is 121 Å². The highest BCUT2D eigenvalue weighted by Crippen LogP contribution is 2.32. The molecule has 0 bridgehead atoms. The van der Waals surface area contributed by atoms with E-state index in [2.05, 4.69) is 20.2 Å². The van der Waals surface area contributed by atoms with E-state index in [9.17, 15) is 0 Å². The van der Waals surface area contributed by atoms with Crippen molar-refractivity contribution < 1.29 is 5.11 Å². The first-order valence-electron chi connectivity index (χ1n) is 7.30. The van der Waals surface area contributed by atoms with Gasteiger partial charge in [-0.25, -0.2) is 4.98 Å². The fraction of sp³-hybridized carbons (Fsp3) is 0.118. The zero-order chi connectivity index (χ0) is 17.1. The van der Waals surface area contributed by atoms with Crippen molar-refractivity contribution in [3.63, 3.8) is 0 Å². The SMILES string of the molecule is Cc1ccc2cnc(N)c(N=Nc3ccc(C(=N)CO)nc3)c2c1. The molecule has 3 aromatic rings. The molecule has 0 spiro atoms. The summed E-state index contributed by atoms with van der Waals surface area (Å²) in [6.45, 7) is 1.64. The molecule has 0 saturated carbocycles. The maximum atomic E-state index is 8.94. The van der Waals surface area contributed by atoms with Crippen LogP contribution in [-0.2, 0) is 0 Å². The van der Waals surface area contributed by atoms with Gasteiger partial charge >= 0.3 is 0 Å². The molecule has 7 nitrogen and oxygen atoms in total. The minimum absolute atomic E-state index is 0.0523. The van der Waals surface area contributed by atoms with Gasteiger partial charge in [-0.3, -0.25) is 4.98 Å². The quantitative estimate of drug-likeness (QED) is 0.504. The van der Waals surface area contributed by atoms with Crippen LogP contribution in [-0.4, -0.2) is 27.4 Å². The number of nitrogens with two attached hydrogens (primary N) is 1. The van der Waals surface area contributed by atoms with Crippen LogP contribution in [0.2, 0.25) is 0 Å². The molecule has 0 aliphatic rings. The lowest BCUT2D eigenvalue weighted by molar-refractivity contribution is 0.357. The average Bonchev–Trinajstić information content (AvgIpc) is 2.60. The second-order valence-electron chi connectivity index (χ2n) is 5.32. The Morgan fingerprint density at radius 2 is 2.00 bits per heavy atom. The number of hydrogen-bond acceptors (Lipinski definition) is 7. The summed E-state index contributed by atoms with van der Waals surface area (Å²) >= 11 is 0. The van der Waals surface area contributed by atoms with Gasteiger partial charge < -0.3 is 16.2 Å². The number of fused-ring (bicyclic) bond motifs is 1. The third-order valence-electron chi connectivity index (χ3n) is 3.53. The van der Waals surface area contributed by atoms with Gasteiger partial charge in [0, 0.05) is 17.0 Å². The number of azo groups is 1. The Labute approximate surface area is 138 Å². The highest BCUT2D eigenvalue weighted by atomic mass is 16.3. The van der Waals surface area contributed by atoms with Crippen LogP contribution in [0, 0.1) is 12.3 Å². The number of aliphatic hydroxyl groups is 1. The summed E-state index contributed by atoms with van der Waals surface area (Å²) in [6, 6.07) is 9.25. The molecule has 4 N–H and O–H groups in total. The summed E-state index contributed by atoms with van der Waals surface area (Å²) in [6.07, 6.45) is 3.20. The van der Waals surface area contributed by atoms with Gasteiger partial charge in [0.05, 0.1) is 24.2 Å². The molecule has 3 rings (SSSR count). The molecule has 0 aliphatic heterocycles. The average molecular weight is 320 g/mol. The van der Waals surface area contributed by atoms with E-state index in [1.165, 1.54) is 6.20 Å². The van der Waals surface area contributed by atoms with Crippen LogP contribution in [0.3, 0.4) is 0 Å². The van der Waals surface area contributed by atoms with E-state index < -0.39 is 0 Å². The molecule has 0 fully saturated rings. The van der Waals surface area contributed by atoms with Gasteiger partial charge in [0.1, 0.15) is 11.4 Å². The summed E-state index contributed by atoms with van der Waals surface area (Å²) in [7, 11) is 0. The van der Waals surface area contributed by atoms with Gasteiger partial charge in [-0.1, -0.05) is 17.7 Å². The maximum absolute atomic E-state index is 8.94. The van der Waals surface area contributed by atoms with E-state index in [-0.39, 0.29) is 12.3 Å². The molecular weight excluding hydrogens is 304 g/mol. The first-order valence-corrected chi connectivity index (χ1v) is 7.30. The molecule has 24 heavy (non-hydrogen) atoms. The fourth-order valence-electron chi connectivity index (χ4n) is 2.24. The summed E-state index contributed by atoms with van der Waals surface area (Å²) in [5.41, 5.74) is 8.53. The van der Waals surface area contributed by atoms with Gasteiger partial charge in [-0.15, -0.1) is 10.2 Å². The van der Waals surface area contributed by atoms with Gasteiger partial charge in [0.15, 0.2) is 5.82 Å².